The van der Waals surface area contributed by atoms with Crippen LogP contribution in [0.5, 0.6) is 0 Å². The molecule has 1 aromatic heterocycles. The summed E-state index contributed by atoms with van der Waals surface area (Å²) in [5.74, 6) is 0.838. The molecule has 0 radical (unpaired) electrons. The first-order valence-electron chi connectivity index (χ1n) is 7.02. The van der Waals surface area contributed by atoms with Crippen LogP contribution in [0, 0.1) is 0 Å². The summed E-state index contributed by atoms with van der Waals surface area (Å²) in [5.41, 5.74) is 0. The maximum absolute atomic E-state index is 11.9. The molecule has 5 heteroatoms. The second kappa shape index (κ2) is 7.31. The van der Waals surface area contributed by atoms with Crippen LogP contribution in [0.15, 0.2) is 22.8 Å². The van der Waals surface area contributed by atoms with E-state index >= 15 is 0 Å². The maximum Gasteiger partial charge on any atom is 0.234 e. The molecular formula is C14H23N3O2. The smallest absolute Gasteiger partial charge is 0.234 e. The summed E-state index contributed by atoms with van der Waals surface area (Å²) in [6, 6.07) is 4.23. The van der Waals surface area contributed by atoms with E-state index in [9.17, 15) is 4.79 Å². The first-order chi connectivity index (χ1) is 9.28. The highest BCUT2D eigenvalue weighted by molar-refractivity contribution is 5.77. The number of likely N-dealkylation sites (N-methyl/N-ethyl adjacent to an activating group) is 1. The van der Waals surface area contributed by atoms with Crippen molar-refractivity contribution < 1.29 is 9.21 Å². The maximum atomic E-state index is 11.9. The van der Waals surface area contributed by atoms with Crippen molar-refractivity contribution in [3.63, 3.8) is 0 Å². The van der Waals surface area contributed by atoms with Gasteiger partial charge in [0, 0.05) is 12.6 Å². The van der Waals surface area contributed by atoms with Gasteiger partial charge in [-0.05, 0) is 38.1 Å². The number of rotatable bonds is 7. The molecule has 1 aromatic rings. The molecular weight excluding hydrogens is 242 g/mol. The topological polar surface area (TPSA) is 57.5 Å². The van der Waals surface area contributed by atoms with E-state index in [0.29, 0.717) is 19.1 Å². The van der Waals surface area contributed by atoms with Crippen LogP contribution in [-0.4, -0.2) is 43.0 Å². The van der Waals surface area contributed by atoms with Crippen LogP contribution < -0.4 is 10.6 Å². The quantitative estimate of drug-likeness (QED) is 0.771. The summed E-state index contributed by atoms with van der Waals surface area (Å²) >= 11 is 0. The van der Waals surface area contributed by atoms with E-state index < -0.39 is 0 Å². The molecule has 2 N–H and O–H groups in total. The van der Waals surface area contributed by atoms with Crippen LogP contribution >= 0.6 is 0 Å². The Kier molecular flexibility index (Phi) is 5.42. The lowest BCUT2D eigenvalue weighted by Crippen LogP contribution is -2.42. The van der Waals surface area contributed by atoms with Crippen molar-refractivity contribution in [3.05, 3.63) is 24.2 Å². The highest BCUT2D eigenvalue weighted by Gasteiger charge is 2.18. The monoisotopic (exact) mass is 265 g/mol. The van der Waals surface area contributed by atoms with Crippen LogP contribution in [0.1, 0.15) is 25.5 Å². The molecule has 0 aliphatic carbocycles. The first kappa shape index (κ1) is 14.1. The van der Waals surface area contributed by atoms with Gasteiger partial charge in [0.05, 0.1) is 19.4 Å². The molecule has 0 bridgehead atoms. The fourth-order valence-electron chi connectivity index (χ4n) is 2.39. The van der Waals surface area contributed by atoms with Crippen molar-refractivity contribution >= 4 is 5.91 Å². The molecule has 1 fully saturated rings. The molecule has 1 saturated heterocycles. The SMILES string of the molecule is CCN(CC(=O)NCc1ccco1)CC1CCCN1. The Morgan fingerprint density at radius 2 is 2.53 bits per heavy atom. The average molecular weight is 265 g/mol. The van der Waals surface area contributed by atoms with Crippen LogP contribution in [0.3, 0.4) is 0 Å². The fourth-order valence-corrected chi connectivity index (χ4v) is 2.39. The van der Waals surface area contributed by atoms with Crippen LogP contribution in [0.25, 0.3) is 0 Å². The van der Waals surface area contributed by atoms with Crippen LogP contribution in [-0.2, 0) is 11.3 Å². The normalized spacial score (nSPS) is 18.9. The third-order valence-corrected chi connectivity index (χ3v) is 3.50. The van der Waals surface area contributed by atoms with E-state index in [0.717, 1.165) is 25.4 Å². The van der Waals surface area contributed by atoms with E-state index in [1.807, 2.05) is 12.1 Å². The lowest BCUT2D eigenvalue weighted by Gasteiger charge is -2.23. The van der Waals surface area contributed by atoms with E-state index in [1.165, 1.54) is 12.8 Å². The second-order valence-electron chi connectivity index (χ2n) is 4.98. The Hall–Kier alpha value is -1.33. The van der Waals surface area contributed by atoms with Gasteiger partial charge in [-0.2, -0.15) is 0 Å². The largest absolute Gasteiger partial charge is 0.467 e. The molecule has 1 aliphatic heterocycles. The molecule has 5 nitrogen and oxygen atoms in total. The van der Waals surface area contributed by atoms with Gasteiger partial charge in [0.25, 0.3) is 0 Å². The number of carbonyl (C=O) groups is 1. The van der Waals surface area contributed by atoms with Gasteiger partial charge in [-0.15, -0.1) is 0 Å². The Labute approximate surface area is 114 Å². The summed E-state index contributed by atoms with van der Waals surface area (Å²) in [7, 11) is 0. The van der Waals surface area contributed by atoms with Crippen molar-refractivity contribution in [2.45, 2.75) is 32.4 Å². The summed E-state index contributed by atoms with van der Waals surface area (Å²) in [6.45, 7) is 5.96. The van der Waals surface area contributed by atoms with Crippen LogP contribution in [0.2, 0.25) is 0 Å². The number of nitrogens with one attached hydrogen (secondary N) is 2. The molecule has 0 saturated carbocycles. The summed E-state index contributed by atoms with van der Waals surface area (Å²) in [5, 5.41) is 6.34. The lowest BCUT2D eigenvalue weighted by atomic mass is 10.2. The van der Waals surface area contributed by atoms with Crippen molar-refractivity contribution in [2.75, 3.05) is 26.2 Å². The Morgan fingerprint density at radius 1 is 1.63 bits per heavy atom. The van der Waals surface area contributed by atoms with Gasteiger partial charge >= 0.3 is 0 Å². The van der Waals surface area contributed by atoms with Gasteiger partial charge in [0.2, 0.25) is 5.91 Å². The summed E-state index contributed by atoms with van der Waals surface area (Å²) < 4.78 is 5.18. The predicted octanol–water partition coefficient (Wildman–Crippen LogP) is 0.970. The Balaban J connectivity index is 1.69. The minimum Gasteiger partial charge on any atom is -0.467 e. The molecule has 1 aliphatic rings. The molecule has 19 heavy (non-hydrogen) atoms. The number of hydrogen-bond acceptors (Lipinski definition) is 4. The van der Waals surface area contributed by atoms with E-state index in [4.69, 9.17) is 4.42 Å². The van der Waals surface area contributed by atoms with Crippen molar-refractivity contribution in [1.29, 1.82) is 0 Å². The molecule has 1 atom stereocenters. The molecule has 2 rings (SSSR count). The van der Waals surface area contributed by atoms with Crippen LogP contribution in [0.4, 0.5) is 0 Å². The molecule has 0 spiro atoms. The standard InChI is InChI=1S/C14H23N3O2/c1-2-17(10-12-5-3-7-15-12)11-14(18)16-9-13-6-4-8-19-13/h4,6,8,12,15H,2-3,5,7,9-11H2,1H3,(H,16,18). The molecule has 2 heterocycles. The minimum absolute atomic E-state index is 0.0521. The number of hydrogen-bond donors (Lipinski definition) is 2. The van der Waals surface area contributed by atoms with Gasteiger partial charge in [-0.3, -0.25) is 9.69 Å². The number of nitrogens with zero attached hydrogens (tertiary/aromatic N) is 1. The zero-order valence-electron chi connectivity index (χ0n) is 11.5. The number of furan rings is 1. The highest BCUT2D eigenvalue weighted by Crippen LogP contribution is 2.06. The van der Waals surface area contributed by atoms with Gasteiger partial charge in [0.1, 0.15) is 5.76 Å². The van der Waals surface area contributed by atoms with Crippen molar-refractivity contribution in [3.8, 4) is 0 Å². The zero-order valence-corrected chi connectivity index (χ0v) is 11.5. The van der Waals surface area contributed by atoms with E-state index in [1.54, 1.807) is 6.26 Å². The molecule has 1 unspecified atom stereocenters. The first-order valence-corrected chi connectivity index (χ1v) is 7.02. The van der Waals surface area contributed by atoms with Crippen molar-refractivity contribution in [1.82, 2.24) is 15.5 Å². The van der Waals surface area contributed by atoms with Gasteiger partial charge in [-0.25, -0.2) is 0 Å². The van der Waals surface area contributed by atoms with E-state index in [2.05, 4.69) is 22.5 Å². The molecule has 106 valence electrons. The highest BCUT2D eigenvalue weighted by atomic mass is 16.3. The minimum atomic E-state index is 0.0521. The Morgan fingerprint density at radius 3 is 3.16 bits per heavy atom. The predicted molar refractivity (Wildman–Crippen MR) is 73.7 cm³/mol. The van der Waals surface area contributed by atoms with Gasteiger partial charge < -0.3 is 15.1 Å². The Bertz CT molecular complexity index is 372. The van der Waals surface area contributed by atoms with Gasteiger partial charge in [0.15, 0.2) is 0 Å². The number of amides is 1. The summed E-state index contributed by atoms with van der Waals surface area (Å²) in [6.07, 6.45) is 4.07. The third-order valence-electron chi connectivity index (χ3n) is 3.50. The van der Waals surface area contributed by atoms with E-state index in [-0.39, 0.29) is 5.91 Å². The fraction of sp³-hybridized carbons (Fsp3) is 0.643. The third kappa shape index (κ3) is 4.69. The lowest BCUT2D eigenvalue weighted by molar-refractivity contribution is -0.122. The van der Waals surface area contributed by atoms with Gasteiger partial charge in [-0.1, -0.05) is 6.92 Å². The molecule has 0 aromatic carbocycles. The summed E-state index contributed by atoms with van der Waals surface area (Å²) in [4.78, 5) is 14.0. The molecule has 1 amide bonds. The second-order valence-corrected chi connectivity index (χ2v) is 4.98. The number of carbonyl (C=O) groups excluding carboxylic acids is 1. The zero-order chi connectivity index (χ0) is 13.5. The average Bonchev–Trinajstić information content (AvgIpc) is 3.08. The van der Waals surface area contributed by atoms with Crippen molar-refractivity contribution in [2.24, 2.45) is 0 Å².